The maximum absolute atomic E-state index is 10.6. The number of aromatic nitrogens is 2. The summed E-state index contributed by atoms with van der Waals surface area (Å²) in [5, 5.41) is 25.3. The minimum Gasteiger partial charge on any atom is -0.439 e. The van der Waals surface area contributed by atoms with Gasteiger partial charge in [0.05, 0.1) is 9.85 Å². The molecule has 3 rings (SSSR count). The van der Waals surface area contributed by atoms with Crippen LogP contribution >= 0.6 is 0 Å². The van der Waals surface area contributed by atoms with Gasteiger partial charge in [0.15, 0.2) is 0 Å². The van der Waals surface area contributed by atoms with E-state index in [0.717, 1.165) is 12.4 Å². The van der Waals surface area contributed by atoms with Gasteiger partial charge in [0.1, 0.15) is 24.0 Å². The largest absolute Gasteiger partial charge is 0.439 e. The van der Waals surface area contributed by atoms with E-state index in [-0.39, 0.29) is 23.2 Å². The van der Waals surface area contributed by atoms with Gasteiger partial charge < -0.3 is 4.74 Å². The van der Waals surface area contributed by atoms with Crippen molar-refractivity contribution in [1.29, 1.82) is 0 Å². The summed E-state index contributed by atoms with van der Waals surface area (Å²) in [5.74, 6) is 1.27. The molecular formula is C17H14N6O5. The second-order valence-electron chi connectivity index (χ2n) is 5.63. The van der Waals surface area contributed by atoms with Crippen molar-refractivity contribution in [3.05, 3.63) is 80.9 Å². The molecule has 0 aromatic carbocycles. The molecule has 11 heteroatoms. The highest BCUT2D eigenvalue weighted by atomic mass is 16.6. The normalized spacial score (nSPS) is 15.9. The van der Waals surface area contributed by atoms with E-state index >= 15 is 0 Å². The van der Waals surface area contributed by atoms with E-state index in [2.05, 4.69) is 20.5 Å². The number of hydrazone groups is 1. The molecule has 2 aromatic heterocycles. The van der Waals surface area contributed by atoms with Crippen molar-refractivity contribution in [3.63, 3.8) is 0 Å². The molecule has 0 radical (unpaired) electrons. The summed E-state index contributed by atoms with van der Waals surface area (Å²) in [7, 11) is 0. The van der Waals surface area contributed by atoms with Crippen LogP contribution in [0.3, 0.4) is 0 Å². The molecule has 11 nitrogen and oxygen atoms in total. The van der Waals surface area contributed by atoms with Gasteiger partial charge in [0.2, 0.25) is 5.88 Å². The molecule has 0 bridgehead atoms. The molecule has 0 unspecified atom stereocenters. The number of anilines is 1. The first-order chi connectivity index (χ1) is 13.5. The van der Waals surface area contributed by atoms with E-state index < -0.39 is 9.85 Å². The Labute approximate surface area is 158 Å². The number of nitrogens with one attached hydrogen (secondary N) is 1. The zero-order chi connectivity index (χ0) is 19.9. The highest BCUT2D eigenvalue weighted by Gasteiger charge is 2.10. The number of hydrogen-bond donors (Lipinski definition) is 1. The highest BCUT2D eigenvalue weighted by Crippen LogP contribution is 2.20. The smallest absolute Gasteiger partial charge is 0.287 e. The van der Waals surface area contributed by atoms with Crippen molar-refractivity contribution in [2.45, 2.75) is 6.42 Å². The average molecular weight is 382 g/mol. The first-order valence-corrected chi connectivity index (χ1v) is 8.07. The lowest BCUT2D eigenvalue weighted by Crippen LogP contribution is -2.06. The first kappa shape index (κ1) is 18.6. The van der Waals surface area contributed by atoms with Crippen molar-refractivity contribution in [2.75, 3.05) is 5.43 Å². The lowest BCUT2D eigenvalue weighted by molar-refractivity contribution is -0.385. The van der Waals surface area contributed by atoms with Gasteiger partial charge in [-0.05, 0) is 24.6 Å². The molecule has 142 valence electrons. The first-order valence-electron chi connectivity index (χ1n) is 8.07. The highest BCUT2D eigenvalue weighted by molar-refractivity contribution is 5.65. The monoisotopic (exact) mass is 382 g/mol. The second-order valence-corrected chi connectivity index (χ2v) is 5.63. The van der Waals surface area contributed by atoms with Gasteiger partial charge in [-0.3, -0.25) is 25.7 Å². The van der Waals surface area contributed by atoms with E-state index in [1.54, 1.807) is 12.3 Å². The van der Waals surface area contributed by atoms with Crippen LogP contribution in [0.2, 0.25) is 0 Å². The van der Waals surface area contributed by atoms with Gasteiger partial charge in [-0.25, -0.2) is 9.97 Å². The van der Waals surface area contributed by atoms with Crippen LogP contribution in [-0.2, 0) is 0 Å². The van der Waals surface area contributed by atoms with Gasteiger partial charge in [0.25, 0.3) is 11.4 Å². The molecule has 0 spiro atoms. The van der Waals surface area contributed by atoms with Crippen molar-refractivity contribution >= 4 is 23.4 Å². The summed E-state index contributed by atoms with van der Waals surface area (Å²) < 4.78 is 5.56. The minimum absolute atomic E-state index is 0.0303. The fraction of sp³-hybridized carbons (Fsp3) is 0.118. The Kier molecular flexibility index (Phi) is 5.65. The Morgan fingerprint density at radius 2 is 1.82 bits per heavy atom. The number of nitro groups is 2. The number of allylic oxidation sites excluding steroid dienone is 3. The van der Waals surface area contributed by atoms with Crippen molar-refractivity contribution < 1.29 is 14.6 Å². The van der Waals surface area contributed by atoms with E-state index in [4.69, 9.17) is 4.74 Å². The van der Waals surface area contributed by atoms with Crippen LogP contribution in [0.15, 0.2) is 65.7 Å². The molecule has 28 heavy (non-hydrogen) atoms. The second kappa shape index (κ2) is 8.49. The van der Waals surface area contributed by atoms with Gasteiger partial charge in [-0.15, -0.1) is 0 Å². The summed E-state index contributed by atoms with van der Waals surface area (Å²) in [5.41, 5.74) is 2.51. The molecule has 1 atom stereocenters. The summed E-state index contributed by atoms with van der Waals surface area (Å²) in [6.07, 6.45) is 10.1. The number of hydrogen-bond acceptors (Lipinski definition) is 9. The summed E-state index contributed by atoms with van der Waals surface area (Å²) >= 11 is 0. The average Bonchev–Trinajstić information content (AvgIpc) is 2.70. The third kappa shape index (κ3) is 4.94. The molecule has 1 N–H and O–H groups in total. The van der Waals surface area contributed by atoms with Gasteiger partial charge >= 0.3 is 0 Å². The molecule has 1 aliphatic carbocycles. The number of ether oxygens (including phenoxy) is 1. The number of nitrogens with zero attached hydrogens (tertiary/aromatic N) is 5. The van der Waals surface area contributed by atoms with Crippen LogP contribution < -0.4 is 10.2 Å². The SMILES string of the molecule is O=[N+]([O-])c1ccc(N/N=C\[C@@H]2C=CC(Oc3ccc([N+](=O)[O-])cn3)=CC2)nc1. The predicted molar refractivity (Wildman–Crippen MR) is 99.9 cm³/mol. The van der Waals surface area contributed by atoms with E-state index in [1.165, 1.54) is 24.3 Å². The molecule has 0 saturated carbocycles. The Balaban J connectivity index is 1.49. The molecule has 0 fully saturated rings. The van der Waals surface area contributed by atoms with Crippen molar-refractivity contribution in [3.8, 4) is 5.88 Å². The standard InChI is InChI=1S/C17H14N6O5/c24-22(25)13-3-7-16(18-10-13)21-20-9-12-1-5-15(6-2-12)28-17-8-4-14(11-19-17)23(26)27/h1,3-12H,2H2,(H,18,21)/b20-9-/t12-/m1/s1. The van der Waals surface area contributed by atoms with Gasteiger partial charge in [0, 0.05) is 30.3 Å². The molecular weight excluding hydrogens is 368 g/mol. The Morgan fingerprint density at radius 1 is 1.11 bits per heavy atom. The summed E-state index contributed by atoms with van der Waals surface area (Å²) in [4.78, 5) is 27.9. The molecule has 0 aliphatic heterocycles. The molecule has 0 saturated heterocycles. The van der Waals surface area contributed by atoms with E-state index in [1.807, 2.05) is 12.2 Å². The lowest BCUT2D eigenvalue weighted by Gasteiger charge is -2.12. The molecule has 1 aliphatic rings. The Bertz CT molecular complexity index is 953. The van der Waals surface area contributed by atoms with Crippen LogP contribution in [0.4, 0.5) is 17.2 Å². The molecule has 0 amide bonds. The zero-order valence-electron chi connectivity index (χ0n) is 14.3. The van der Waals surface area contributed by atoms with Crippen LogP contribution in [0.1, 0.15) is 6.42 Å². The van der Waals surface area contributed by atoms with Crippen LogP contribution in [0.25, 0.3) is 0 Å². The number of pyridine rings is 2. The maximum atomic E-state index is 10.6. The van der Waals surface area contributed by atoms with Gasteiger partial charge in [-0.2, -0.15) is 5.10 Å². The maximum Gasteiger partial charge on any atom is 0.287 e. The van der Waals surface area contributed by atoms with Crippen molar-refractivity contribution in [1.82, 2.24) is 9.97 Å². The fourth-order valence-electron chi connectivity index (χ4n) is 2.22. The minimum atomic E-state index is -0.527. The van der Waals surface area contributed by atoms with E-state index in [9.17, 15) is 20.2 Å². The quantitative estimate of drug-likeness (QED) is 0.436. The Morgan fingerprint density at radius 3 is 2.36 bits per heavy atom. The molecule has 2 heterocycles. The van der Waals surface area contributed by atoms with Crippen molar-refractivity contribution in [2.24, 2.45) is 11.0 Å². The van der Waals surface area contributed by atoms with Crippen LogP contribution in [-0.4, -0.2) is 26.0 Å². The third-order valence-electron chi connectivity index (χ3n) is 3.66. The van der Waals surface area contributed by atoms with E-state index in [0.29, 0.717) is 18.0 Å². The van der Waals surface area contributed by atoms with Crippen LogP contribution in [0, 0.1) is 26.1 Å². The topological polar surface area (TPSA) is 146 Å². The fourth-order valence-corrected chi connectivity index (χ4v) is 2.22. The zero-order valence-corrected chi connectivity index (χ0v) is 14.3. The summed E-state index contributed by atoms with van der Waals surface area (Å²) in [6, 6.07) is 5.56. The lowest BCUT2D eigenvalue weighted by atomic mass is 10.0. The molecule has 2 aromatic rings. The van der Waals surface area contributed by atoms with Crippen LogP contribution in [0.5, 0.6) is 5.88 Å². The number of rotatable bonds is 7. The predicted octanol–water partition coefficient (Wildman–Crippen LogP) is 3.23. The Hall–Kier alpha value is -4.15. The van der Waals surface area contributed by atoms with Gasteiger partial charge in [-0.1, -0.05) is 6.08 Å². The third-order valence-corrected chi connectivity index (χ3v) is 3.66. The summed E-state index contributed by atoms with van der Waals surface area (Å²) in [6.45, 7) is 0.